The van der Waals surface area contributed by atoms with E-state index in [2.05, 4.69) is 34.0 Å². The second kappa shape index (κ2) is 7.66. The lowest BCUT2D eigenvalue weighted by atomic mass is 10.0. The maximum Gasteiger partial charge on any atom is 0.220 e. The van der Waals surface area contributed by atoms with Gasteiger partial charge in [0.15, 0.2) is 0 Å². The van der Waals surface area contributed by atoms with Crippen molar-refractivity contribution in [3.63, 3.8) is 0 Å². The molecule has 0 saturated heterocycles. The van der Waals surface area contributed by atoms with Crippen LogP contribution in [0.5, 0.6) is 0 Å². The number of carbonyl (C=O) groups is 1. The Labute approximate surface area is 141 Å². The van der Waals surface area contributed by atoms with Gasteiger partial charge in [-0.1, -0.05) is 0 Å². The van der Waals surface area contributed by atoms with Crippen molar-refractivity contribution in [2.45, 2.75) is 32.2 Å². The van der Waals surface area contributed by atoms with E-state index in [1.807, 2.05) is 31.6 Å². The van der Waals surface area contributed by atoms with E-state index in [4.69, 9.17) is 0 Å². The Morgan fingerprint density at radius 1 is 1.39 bits per heavy atom. The molecule has 0 aliphatic rings. The number of hydrogen-bond acceptors (Lipinski definition) is 5. The standard InChI is InChI=1S/C17H24N4OS/c1-17(2,21(3)4)12-19-15(22)8-7-14-11-23-16(20-14)13-6-5-9-18-10-13/h5-6,9-11H,7-8,12H2,1-4H3,(H,19,22). The summed E-state index contributed by atoms with van der Waals surface area (Å²) in [5.74, 6) is 0.0656. The molecule has 0 aliphatic carbocycles. The third-order valence-corrected chi connectivity index (χ3v) is 4.94. The molecule has 0 aromatic carbocycles. The van der Waals surface area contributed by atoms with Crippen LogP contribution in [-0.4, -0.2) is 47.0 Å². The number of aryl methyl sites for hydroxylation is 1. The molecule has 1 amide bonds. The van der Waals surface area contributed by atoms with Gasteiger partial charge in [0.2, 0.25) is 5.91 Å². The van der Waals surface area contributed by atoms with Gasteiger partial charge in [0, 0.05) is 41.8 Å². The fraction of sp³-hybridized carbons (Fsp3) is 0.471. The van der Waals surface area contributed by atoms with Crippen LogP contribution in [0, 0.1) is 0 Å². The molecule has 1 N–H and O–H groups in total. The third kappa shape index (κ3) is 5.11. The van der Waals surface area contributed by atoms with Gasteiger partial charge in [-0.2, -0.15) is 0 Å². The molecular formula is C17H24N4OS. The zero-order valence-electron chi connectivity index (χ0n) is 14.2. The summed E-state index contributed by atoms with van der Waals surface area (Å²) in [5.41, 5.74) is 1.92. The number of rotatable bonds is 7. The Morgan fingerprint density at radius 2 is 2.17 bits per heavy atom. The smallest absolute Gasteiger partial charge is 0.220 e. The number of nitrogens with one attached hydrogen (secondary N) is 1. The number of thiazole rings is 1. The second-order valence-electron chi connectivity index (χ2n) is 6.37. The number of hydrogen-bond donors (Lipinski definition) is 1. The van der Waals surface area contributed by atoms with E-state index in [1.54, 1.807) is 23.7 Å². The average molecular weight is 332 g/mol. The molecule has 0 saturated carbocycles. The Balaban J connectivity index is 1.82. The third-order valence-electron chi connectivity index (χ3n) is 4.00. The van der Waals surface area contributed by atoms with Gasteiger partial charge in [-0.3, -0.25) is 9.78 Å². The Kier molecular flexibility index (Phi) is 5.85. The molecule has 2 aromatic heterocycles. The molecule has 124 valence electrons. The van der Waals surface area contributed by atoms with Crippen LogP contribution in [0.1, 0.15) is 26.0 Å². The molecule has 5 nitrogen and oxygen atoms in total. The lowest BCUT2D eigenvalue weighted by Crippen LogP contribution is -2.48. The van der Waals surface area contributed by atoms with Gasteiger partial charge in [-0.15, -0.1) is 11.3 Å². The van der Waals surface area contributed by atoms with Gasteiger partial charge in [0.05, 0.1) is 5.69 Å². The molecule has 0 aliphatic heterocycles. The van der Waals surface area contributed by atoms with Gasteiger partial charge >= 0.3 is 0 Å². The lowest BCUT2D eigenvalue weighted by Gasteiger charge is -2.32. The summed E-state index contributed by atoms with van der Waals surface area (Å²) in [7, 11) is 4.03. The maximum atomic E-state index is 12.0. The molecule has 2 heterocycles. The van der Waals surface area contributed by atoms with Crippen molar-refractivity contribution < 1.29 is 4.79 Å². The van der Waals surface area contributed by atoms with Crippen molar-refractivity contribution in [3.8, 4) is 10.6 Å². The molecule has 23 heavy (non-hydrogen) atoms. The molecule has 2 rings (SSSR count). The predicted octanol–water partition coefficient (Wildman–Crippen LogP) is 2.59. The number of nitrogens with zero attached hydrogens (tertiary/aromatic N) is 3. The molecule has 6 heteroatoms. The van der Waals surface area contributed by atoms with E-state index in [0.29, 0.717) is 19.4 Å². The summed E-state index contributed by atoms with van der Waals surface area (Å²) in [4.78, 5) is 22.8. The highest BCUT2D eigenvalue weighted by molar-refractivity contribution is 7.13. The summed E-state index contributed by atoms with van der Waals surface area (Å²) in [6.07, 6.45) is 4.67. The van der Waals surface area contributed by atoms with Crippen molar-refractivity contribution in [2.75, 3.05) is 20.6 Å². The fourth-order valence-corrected chi connectivity index (χ4v) is 2.69. The van der Waals surface area contributed by atoms with E-state index >= 15 is 0 Å². The molecule has 0 unspecified atom stereocenters. The average Bonchev–Trinajstić information content (AvgIpc) is 3.01. The van der Waals surface area contributed by atoms with E-state index in [0.717, 1.165) is 16.3 Å². The summed E-state index contributed by atoms with van der Waals surface area (Å²) >= 11 is 1.59. The second-order valence-corrected chi connectivity index (χ2v) is 7.23. The van der Waals surface area contributed by atoms with Crippen LogP contribution in [0.25, 0.3) is 10.6 Å². The Morgan fingerprint density at radius 3 is 2.83 bits per heavy atom. The van der Waals surface area contributed by atoms with Gasteiger partial charge < -0.3 is 10.2 Å². The lowest BCUT2D eigenvalue weighted by molar-refractivity contribution is -0.121. The van der Waals surface area contributed by atoms with Crippen LogP contribution >= 0.6 is 11.3 Å². The summed E-state index contributed by atoms with van der Waals surface area (Å²) in [5, 5.41) is 5.96. The minimum Gasteiger partial charge on any atom is -0.354 e. The number of amides is 1. The largest absolute Gasteiger partial charge is 0.354 e. The van der Waals surface area contributed by atoms with E-state index in [9.17, 15) is 4.79 Å². The molecular weight excluding hydrogens is 308 g/mol. The Hall–Kier alpha value is -1.79. The zero-order chi connectivity index (χ0) is 16.9. The highest BCUT2D eigenvalue weighted by atomic mass is 32.1. The van der Waals surface area contributed by atoms with Gasteiger partial charge in [-0.05, 0) is 46.5 Å². The maximum absolute atomic E-state index is 12.0. The minimum absolute atomic E-state index is 0.0518. The first-order chi connectivity index (χ1) is 10.9. The van der Waals surface area contributed by atoms with Crippen LogP contribution < -0.4 is 5.32 Å². The van der Waals surface area contributed by atoms with Crippen molar-refractivity contribution in [1.29, 1.82) is 0 Å². The van der Waals surface area contributed by atoms with Crippen molar-refractivity contribution in [2.24, 2.45) is 0 Å². The van der Waals surface area contributed by atoms with Crippen LogP contribution in [0.15, 0.2) is 29.9 Å². The molecule has 0 spiro atoms. The van der Waals surface area contributed by atoms with Crippen molar-refractivity contribution in [1.82, 2.24) is 20.2 Å². The van der Waals surface area contributed by atoms with Crippen LogP contribution in [0.3, 0.4) is 0 Å². The number of carbonyl (C=O) groups excluding carboxylic acids is 1. The van der Waals surface area contributed by atoms with Crippen LogP contribution in [0.2, 0.25) is 0 Å². The number of pyridine rings is 1. The Bertz CT molecular complexity index is 637. The van der Waals surface area contributed by atoms with Gasteiger partial charge in [0.25, 0.3) is 0 Å². The number of likely N-dealkylation sites (N-methyl/N-ethyl adjacent to an activating group) is 1. The first-order valence-corrected chi connectivity index (χ1v) is 8.55. The van der Waals surface area contributed by atoms with E-state index < -0.39 is 0 Å². The van der Waals surface area contributed by atoms with Crippen molar-refractivity contribution >= 4 is 17.2 Å². The molecule has 0 radical (unpaired) electrons. The van der Waals surface area contributed by atoms with Gasteiger partial charge in [0.1, 0.15) is 5.01 Å². The fourth-order valence-electron chi connectivity index (χ4n) is 1.85. The number of aromatic nitrogens is 2. The zero-order valence-corrected chi connectivity index (χ0v) is 15.0. The molecule has 0 atom stereocenters. The monoisotopic (exact) mass is 332 g/mol. The van der Waals surface area contributed by atoms with Crippen LogP contribution in [-0.2, 0) is 11.2 Å². The SMILES string of the molecule is CN(C)C(C)(C)CNC(=O)CCc1csc(-c2cccnc2)n1. The topological polar surface area (TPSA) is 58.1 Å². The highest BCUT2D eigenvalue weighted by Gasteiger charge is 2.20. The van der Waals surface area contributed by atoms with E-state index in [-0.39, 0.29) is 11.4 Å². The quantitative estimate of drug-likeness (QED) is 0.847. The van der Waals surface area contributed by atoms with Gasteiger partial charge in [-0.25, -0.2) is 4.98 Å². The first-order valence-electron chi connectivity index (χ1n) is 7.67. The van der Waals surface area contributed by atoms with Crippen molar-refractivity contribution in [3.05, 3.63) is 35.6 Å². The predicted molar refractivity (Wildman–Crippen MR) is 94.4 cm³/mol. The highest BCUT2D eigenvalue weighted by Crippen LogP contribution is 2.23. The summed E-state index contributed by atoms with van der Waals surface area (Å²) in [6, 6.07) is 3.89. The summed E-state index contributed by atoms with van der Waals surface area (Å²) < 4.78 is 0. The molecule has 2 aromatic rings. The molecule has 0 bridgehead atoms. The van der Waals surface area contributed by atoms with Crippen LogP contribution in [0.4, 0.5) is 0 Å². The normalized spacial score (nSPS) is 11.7. The first kappa shape index (κ1) is 17.6. The molecule has 0 fully saturated rings. The minimum atomic E-state index is -0.0518. The van der Waals surface area contributed by atoms with E-state index in [1.165, 1.54) is 0 Å². The summed E-state index contributed by atoms with van der Waals surface area (Å²) in [6.45, 7) is 4.85.